The van der Waals surface area contributed by atoms with E-state index in [9.17, 15) is 0 Å². The second-order valence-electron chi connectivity index (χ2n) is 10.5. The van der Waals surface area contributed by atoms with Crippen LogP contribution in [-0.4, -0.2) is 0 Å². The Morgan fingerprint density at radius 3 is 2.08 bits per heavy atom. The van der Waals surface area contributed by atoms with Gasteiger partial charge < -0.3 is 0 Å². The first-order valence-electron chi connectivity index (χ1n) is 12.3. The van der Waals surface area contributed by atoms with Crippen molar-refractivity contribution in [2.24, 2.45) is 47.3 Å². The van der Waals surface area contributed by atoms with Crippen molar-refractivity contribution in [2.75, 3.05) is 0 Å². The van der Waals surface area contributed by atoms with Crippen LogP contribution in [0.2, 0.25) is 0 Å². The predicted octanol–water partition coefficient (Wildman–Crippen LogP) is 8.99. The lowest BCUT2D eigenvalue weighted by Crippen LogP contribution is -2.20. The summed E-state index contributed by atoms with van der Waals surface area (Å²) in [4.78, 5) is 0. The van der Waals surface area contributed by atoms with E-state index in [4.69, 9.17) is 0 Å². The van der Waals surface area contributed by atoms with Crippen molar-refractivity contribution >= 4 is 0 Å². The van der Waals surface area contributed by atoms with Gasteiger partial charge in [-0.25, -0.2) is 0 Å². The SMILES string of the molecule is CCCC(CCCC(C)CCC(C)C1CCC(C)C1CC)C(C)C(C)C. The minimum Gasteiger partial charge on any atom is -0.0654 e. The highest BCUT2D eigenvalue weighted by Gasteiger charge is 2.34. The molecule has 1 rings (SSSR count). The zero-order valence-corrected chi connectivity index (χ0v) is 19.7. The zero-order chi connectivity index (χ0) is 19.7. The maximum absolute atomic E-state index is 2.56. The molecule has 1 aliphatic rings. The summed E-state index contributed by atoms with van der Waals surface area (Å²) in [5, 5.41) is 0. The zero-order valence-electron chi connectivity index (χ0n) is 19.7. The van der Waals surface area contributed by atoms with Crippen molar-refractivity contribution in [3.63, 3.8) is 0 Å². The van der Waals surface area contributed by atoms with Crippen molar-refractivity contribution in [2.45, 2.75) is 120 Å². The topological polar surface area (TPSA) is 0 Å². The molecule has 0 spiro atoms. The summed E-state index contributed by atoms with van der Waals surface area (Å²) in [5.74, 6) is 7.55. The van der Waals surface area contributed by atoms with E-state index in [2.05, 4.69) is 55.4 Å². The van der Waals surface area contributed by atoms with Gasteiger partial charge in [-0.05, 0) is 53.8 Å². The van der Waals surface area contributed by atoms with Crippen LogP contribution in [0, 0.1) is 47.3 Å². The molecular weight excluding hydrogens is 312 g/mol. The van der Waals surface area contributed by atoms with E-state index >= 15 is 0 Å². The van der Waals surface area contributed by atoms with Crippen LogP contribution in [-0.2, 0) is 0 Å². The second-order valence-corrected chi connectivity index (χ2v) is 10.5. The molecule has 0 aromatic carbocycles. The van der Waals surface area contributed by atoms with Crippen LogP contribution in [0.5, 0.6) is 0 Å². The van der Waals surface area contributed by atoms with Crippen LogP contribution in [0.25, 0.3) is 0 Å². The molecule has 0 heterocycles. The van der Waals surface area contributed by atoms with Gasteiger partial charge in [0, 0.05) is 0 Å². The lowest BCUT2D eigenvalue weighted by atomic mass is 9.77. The molecule has 1 aliphatic carbocycles. The van der Waals surface area contributed by atoms with Crippen LogP contribution < -0.4 is 0 Å². The highest BCUT2D eigenvalue weighted by Crippen LogP contribution is 2.44. The normalized spacial score (nSPS) is 28.3. The molecule has 0 amide bonds. The van der Waals surface area contributed by atoms with E-state index in [0.717, 1.165) is 47.3 Å². The van der Waals surface area contributed by atoms with E-state index in [0.29, 0.717) is 0 Å². The first-order chi connectivity index (χ1) is 12.3. The fraction of sp³-hybridized carbons (Fsp3) is 1.00. The molecule has 26 heavy (non-hydrogen) atoms. The Kier molecular flexibility index (Phi) is 11.5. The summed E-state index contributed by atoms with van der Waals surface area (Å²) in [6.07, 6.45) is 14.5. The largest absolute Gasteiger partial charge is 0.0654 e. The Balaban J connectivity index is 2.30. The first-order valence-corrected chi connectivity index (χ1v) is 12.3. The van der Waals surface area contributed by atoms with Gasteiger partial charge in [-0.3, -0.25) is 0 Å². The lowest BCUT2D eigenvalue weighted by molar-refractivity contribution is 0.215. The molecule has 7 unspecified atom stereocenters. The molecular formula is C26H52. The monoisotopic (exact) mass is 364 g/mol. The Labute approximate surface area is 167 Å². The van der Waals surface area contributed by atoms with Gasteiger partial charge in [0.15, 0.2) is 0 Å². The van der Waals surface area contributed by atoms with Crippen LogP contribution in [0.1, 0.15) is 120 Å². The smallest absolute Gasteiger partial charge is 0.0358 e. The molecule has 0 radical (unpaired) electrons. The van der Waals surface area contributed by atoms with E-state index in [-0.39, 0.29) is 0 Å². The third-order valence-corrected chi connectivity index (χ3v) is 8.28. The van der Waals surface area contributed by atoms with Crippen molar-refractivity contribution in [1.29, 1.82) is 0 Å². The van der Waals surface area contributed by atoms with E-state index in [1.54, 1.807) is 0 Å². The highest BCUT2D eigenvalue weighted by molar-refractivity contribution is 4.85. The standard InChI is InChI=1S/C26H52/c1-9-12-24(23(8)19(3)4)14-11-13-20(5)15-16-22(7)26-18-17-21(6)25(26)10-2/h19-26H,9-18H2,1-8H3. The van der Waals surface area contributed by atoms with Gasteiger partial charge in [0.05, 0.1) is 0 Å². The third kappa shape index (κ3) is 7.55. The van der Waals surface area contributed by atoms with Crippen molar-refractivity contribution in [1.82, 2.24) is 0 Å². The summed E-state index contributed by atoms with van der Waals surface area (Å²) < 4.78 is 0. The summed E-state index contributed by atoms with van der Waals surface area (Å²) in [6, 6.07) is 0. The molecule has 0 aliphatic heterocycles. The van der Waals surface area contributed by atoms with Gasteiger partial charge in [0.2, 0.25) is 0 Å². The van der Waals surface area contributed by atoms with Crippen LogP contribution >= 0.6 is 0 Å². The molecule has 0 bridgehead atoms. The average molecular weight is 365 g/mol. The molecule has 0 heteroatoms. The van der Waals surface area contributed by atoms with Gasteiger partial charge in [0.1, 0.15) is 0 Å². The predicted molar refractivity (Wildman–Crippen MR) is 119 cm³/mol. The summed E-state index contributed by atoms with van der Waals surface area (Å²) in [7, 11) is 0. The fourth-order valence-electron chi connectivity index (χ4n) is 5.94. The van der Waals surface area contributed by atoms with Crippen LogP contribution in [0.3, 0.4) is 0 Å². The molecule has 0 aromatic heterocycles. The Morgan fingerprint density at radius 1 is 0.808 bits per heavy atom. The van der Waals surface area contributed by atoms with Gasteiger partial charge in [-0.2, -0.15) is 0 Å². The number of hydrogen-bond donors (Lipinski definition) is 0. The van der Waals surface area contributed by atoms with Crippen LogP contribution in [0.15, 0.2) is 0 Å². The van der Waals surface area contributed by atoms with Crippen molar-refractivity contribution in [3.05, 3.63) is 0 Å². The Hall–Kier alpha value is 0. The number of rotatable bonds is 13. The maximum atomic E-state index is 2.56. The average Bonchev–Trinajstić information content (AvgIpc) is 2.98. The lowest BCUT2D eigenvalue weighted by Gasteiger charge is -2.29. The Morgan fingerprint density at radius 2 is 1.50 bits per heavy atom. The maximum Gasteiger partial charge on any atom is -0.0358 e. The highest BCUT2D eigenvalue weighted by atomic mass is 14.4. The van der Waals surface area contributed by atoms with E-state index in [1.807, 2.05) is 0 Å². The molecule has 0 saturated heterocycles. The van der Waals surface area contributed by atoms with Crippen molar-refractivity contribution < 1.29 is 0 Å². The van der Waals surface area contributed by atoms with E-state index in [1.165, 1.54) is 64.2 Å². The molecule has 1 saturated carbocycles. The molecule has 0 nitrogen and oxygen atoms in total. The molecule has 7 atom stereocenters. The second kappa shape index (κ2) is 12.5. The summed E-state index contributed by atoms with van der Waals surface area (Å²) in [5.41, 5.74) is 0. The molecule has 156 valence electrons. The molecule has 0 N–H and O–H groups in total. The van der Waals surface area contributed by atoms with Crippen LogP contribution in [0.4, 0.5) is 0 Å². The van der Waals surface area contributed by atoms with Gasteiger partial charge in [0.25, 0.3) is 0 Å². The molecule has 0 aromatic rings. The van der Waals surface area contributed by atoms with Crippen molar-refractivity contribution in [3.8, 4) is 0 Å². The Bertz CT molecular complexity index is 344. The minimum absolute atomic E-state index is 0.838. The molecule has 1 fully saturated rings. The third-order valence-electron chi connectivity index (χ3n) is 8.28. The quantitative estimate of drug-likeness (QED) is 0.306. The summed E-state index contributed by atoms with van der Waals surface area (Å²) in [6.45, 7) is 19.6. The van der Waals surface area contributed by atoms with Gasteiger partial charge in [-0.15, -0.1) is 0 Å². The fourth-order valence-corrected chi connectivity index (χ4v) is 5.94. The van der Waals surface area contributed by atoms with Gasteiger partial charge in [-0.1, -0.05) is 113 Å². The number of hydrogen-bond acceptors (Lipinski definition) is 0. The minimum atomic E-state index is 0.838. The first kappa shape index (κ1) is 24.0. The summed E-state index contributed by atoms with van der Waals surface area (Å²) >= 11 is 0. The van der Waals surface area contributed by atoms with E-state index < -0.39 is 0 Å². The van der Waals surface area contributed by atoms with Gasteiger partial charge >= 0.3 is 0 Å².